The van der Waals surface area contributed by atoms with Crippen LogP contribution in [-0.4, -0.2) is 20.7 Å². The van der Waals surface area contributed by atoms with E-state index in [9.17, 15) is 0 Å². The molecule has 0 fully saturated rings. The summed E-state index contributed by atoms with van der Waals surface area (Å²) in [6, 6.07) is 19.2. The number of nitrogens with one attached hydrogen (secondary N) is 1. The van der Waals surface area contributed by atoms with Gasteiger partial charge in [0, 0.05) is 24.8 Å². The molecule has 0 amide bonds. The summed E-state index contributed by atoms with van der Waals surface area (Å²) in [5.74, 6) is 1.14. The Morgan fingerprint density at radius 2 is 1.73 bits per heavy atom. The number of para-hydroxylation sites is 3. The number of hydrogen-bond acceptors (Lipinski definition) is 2. The van der Waals surface area contributed by atoms with Gasteiger partial charge in [0.05, 0.1) is 17.6 Å². The molecule has 0 unspecified atom stereocenters. The van der Waals surface area contributed by atoms with E-state index in [1.54, 1.807) is 0 Å². The number of benzene rings is 2. The van der Waals surface area contributed by atoms with E-state index in [-0.39, 0.29) is 0 Å². The minimum absolute atomic E-state index is 0.821. The first-order chi connectivity index (χ1) is 12.9. The summed E-state index contributed by atoms with van der Waals surface area (Å²) in [7, 11) is 0. The highest BCUT2D eigenvalue weighted by atomic mass is 15.1. The van der Waals surface area contributed by atoms with Crippen LogP contribution in [0.15, 0.2) is 60.8 Å². The van der Waals surface area contributed by atoms with Crippen LogP contribution in [0.5, 0.6) is 0 Å². The number of aryl methyl sites for hydroxylation is 2. The fourth-order valence-corrected chi connectivity index (χ4v) is 3.64. The van der Waals surface area contributed by atoms with E-state index in [1.807, 2.05) is 0 Å². The van der Waals surface area contributed by atoms with Gasteiger partial charge in [-0.1, -0.05) is 37.3 Å². The predicted octanol–water partition coefficient (Wildman–Crippen LogP) is 4.58. The van der Waals surface area contributed by atoms with Gasteiger partial charge in [0.25, 0.3) is 0 Å². The third kappa shape index (κ3) is 3.37. The van der Waals surface area contributed by atoms with Crippen LogP contribution in [0, 0.1) is 0 Å². The van der Waals surface area contributed by atoms with Crippen LogP contribution in [0.2, 0.25) is 0 Å². The lowest BCUT2D eigenvalue weighted by Gasteiger charge is -2.09. The summed E-state index contributed by atoms with van der Waals surface area (Å²) in [6.07, 6.45) is 4.41. The van der Waals surface area contributed by atoms with Crippen molar-refractivity contribution in [3.63, 3.8) is 0 Å². The van der Waals surface area contributed by atoms with Crippen LogP contribution < -0.4 is 5.32 Å². The molecule has 4 rings (SSSR count). The fraction of sp³-hybridized carbons (Fsp3) is 0.318. The van der Waals surface area contributed by atoms with Crippen molar-refractivity contribution in [2.45, 2.75) is 39.4 Å². The molecule has 0 radical (unpaired) electrons. The highest BCUT2D eigenvalue weighted by Gasteiger charge is 2.09. The standard InChI is InChI=1S/C22H26N4/c1-2-14-26-21-11-6-4-9-19(21)24-22(26)17-23-13-7-15-25-16-12-18-8-3-5-10-20(18)25/h3-6,8-12,16,23H,2,7,13-15,17H2,1H3. The highest BCUT2D eigenvalue weighted by molar-refractivity contribution is 5.79. The van der Waals surface area contributed by atoms with E-state index >= 15 is 0 Å². The maximum atomic E-state index is 4.81. The lowest BCUT2D eigenvalue weighted by Crippen LogP contribution is -2.19. The van der Waals surface area contributed by atoms with Gasteiger partial charge >= 0.3 is 0 Å². The van der Waals surface area contributed by atoms with Crippen LogP contribution in [0.25, 0.3) is 21.9 Å². The second kappa shape index (κ2) is 7.75. The SMILES string of the molecule is CCCn1c(CNCCCn2ccc3ccccc32)nc2ccccc21. The molecule has 134 valence electrons. The maximum Gasteiger partial charge on any atom is 0.123 e. The Morgan fingerprint density at radius 3 is 2.62 bits per heavy atom. The molecule has 0 aliphatic rings. The molecule has 0 saturated carbocycles. The molecule has 4 nitrogen and oxygen atoms in total. The minimum Gasteiger partial charge on any atom is -0.347 e. The molecule has 26 heavy (non-hydrogen) atoms. The molecule has 2 heterocycles. The van der Waals surface area contributed by atoms with E-state index in [4.69, 9.17) is 4.98 Å². The largest absolute Gasteiger partial charge is 0.347 e. The van der Waals surface area contributed by atoms with Crippen molar-refractivity contribution in [3.8, 4) is 0 Å². The zero-order valence-corrected chi connectivity index (χ0v) is 15.4. The second-order valence-corrected chi connectivity index (χ2v) is 6.77. The molecule has 0 bridgehead atoms. The number of fused-ring (bicyclic) bond motifs is 2. The third-order valence-corrected chi connectivity index (χ3v) is 4.90. The van der Waals surface area contributed by atoms with Gasteiger partial charge in [-0.25, -0.2) is 4.98 Å². The van der Waals surface area contributed by atoms with E-state index in [0.717, 1.165) is 50.4 Å². The van der Waals surface area contributed by atoms with Crippen molar-refractivity contribution >= 4 is 21.9 Å². The molecule has 0 spiro atoms. The fourth-order valence-electron chi connectivity index (χ4n) is 3.64. The lowest BCUT2D eigenvalue weighted by molar-refractivity contribution is 0.560. The van der Waals surface area contributed by atoms with Crippen molar-refractivity contribution < 1.29 is 0 Å². The Morgan fingerprint density at radius 1 is 0.923 bits per heavy atom. The smallest absolute Gasteiger partial charge is 0.123 e. The van der Waals surface area contributed by atoms with Crippen LogP contribution >= 0.6 is 0 Å². The first-order valence-electron chi connectivity index (χ1n) is 9.55. The Hall–Kier alpha value is -2.59. The number of aromatic nitrogens is 3. The molecular weight excluding hydrogens is 320 g/mol. The predicted molar refractivity (Wildman–Crippen MR) is 108 cm³/mol. The number of rotatable bonds is 8. The molecule has 0 aliphatic heterocycles. The number of nitrogens with zero attached hydrogens (tertiary/aromatic N) is 3. The van der Waals surface area contributed by atoms with Crippen molar-refractivity contribution in [3.05, 3.63) is 66.6 Å². The van der Waals surface area contributed by atoms with E-state index < -0.39 is 0 Å². The summed E-state index contributed by atoms with van der Waals surface area (Å²) in [6.45, 7) is 6.08. The van der Waals surface area contributed by atoms with Gasteiger partial charge < -0.3 is 14.5 Å². The highest BCUT2D eigenvalue weighted by Crippen LogP contribution is 2.17. The summed E-state index contributed by atoms with van der Waals surface area (Å²) in [5, 5.41) is 4.89. The minimum atomic E-state index is 0.821. The number of hydrogen-bond donors (Lipinski definition) is 1. The summed E-state index contributed by atoms with van der Waals surface area (Å²) >= 11 is 0. The van der Waals surface area contributed by atoms with Gasteiger partial charge in [0.15, 0.2) is 0 Å². The van der Waals surface area contributed by atoms with Crippen LogP contribution in [0.1, 0.15) is 25.6 Å². The first kappa shape index (κ1) is 16.9. The Kier molecular flexibility index (Phi) is 5.02. The van der Waals surface area contributed by atoms with Crippen molar-refractivity contribution in [2.75, 3.05) is 6.54 Å². The average Bonchev–Trinajstić information content (AvgIpc) is 3.24. The average molecular weight is 346 g/mol. The zero-order valence-electron chi connectivity index (χ0n) is 15.4. The van der Waals surface area contributed by atoms with Crippen molar-refractivity contribution in [1.82, 2.24) is 19.4 Å². The van der Waals surface area contributed by atoms with Crippen molar-refractivity contribution in [2.24, 2.45) is 0 Å². The summed E-state index contributed by atoms with van der Waals surface area (Å²) in [5.41, 5.74) is 3.65. The number of imidazole rings is 1. The van der Waals surface area contributed by atoms with Gasteiger partial charge in [-0.05, 0) is 49.0 Å². The molecule has 1 N–H and O–H groups in total. The maximum absolute atomic E-state index is 4.81. The molecular formula is C22H26N4. The van der Waals surface area contributed by atoms with E-state index in [0.29, 0.717) is 0 Å². The van der Waals surface area contributed by atoms with Crippen LogP contribution in [0.4, 0.5) is 0 Å². The normalized spacial score (nSPS) is 11.6. The molecule has 2 aromatic carbocycles. The summed E-state index contributed by atoms with van der Waals surface area (Å²) < 4.78 is 4.69. The van der Waals surface area contributed by atoms with Crippen LogP contribution in [-0.2, 0) is 19.6 Å². The van der Waals surface area contributed by atoms with E-state index in [1.165, 1.54) is 16.4 Å². The lowest BCUT2D eigenvalue weighted by atomic mass is 10.2. The second-order valence-electron chi connectivity index (χ2n) is 6.77. The van der Waals surface area contributed by atoms with Crippen LogP contribution in [0.3, 0.4) is 0 Å². The Labute approximate surface area is 154 Å². The van der Waals surface area contributed by atoms with Gasteiger partial charge in [0.1, 0.15) is 5.82 Å². The monoisotopic (exact) mass is 346 g/mol. The summed E-state index contributed by atoms with van der Waals surface area (Å²) in [4.78, 5) is 4.81. The van der Waals surface area contributed by atoms with Crippen molar-refractivity contribution in [1.29, 1.82) is 0 Å². The van der Waals surface area contributed by atoms with Gasteiger partial charge in [0.2, 0.25) is 0 Å². The molecule has 0 saturated heterocycles. The molecule has 4 aromatic rings. The van der Waals surface area contributed by atoms with Gasteiger partial charge in [-0.15, -0.1) is 0 Å². The van der Waals surface area contributed by atoms with Gasteiger partial charge in [-0.2, -0.15) is 0 Å². The quantitative estimate of drug-likeness (QED) is 0.474. The Bertz CT molecular complexity index is 996. The molecule has 0 atom stereocenters. The molecule has 2 aromatic heterocycles. The zero-order chi connectivity index (χ0) is 17.8. The topological polar surface area (TPSA) is 34.8 Å². The molecule has 0 aliphatic carbocycles. The first-order valence-corrected chi connectivity index (χ1v) is 9.55. The molecule has 4 heteroatoms. The van der Waals surface area contributed by atoms with E-state index in [2.05, 4.69) is 82.2 Å². The van der Waals surface area contributed by atoms with Gasteiger partial charge in [-0.3, -0.25) is 0 Å². The Balaban J connectivity index is 1.35. The third-order valence-electron chi connectivity index (χ3n) is 4.90.